The van der Waals surface area contributed by atoms with Gasteiger partial charge in [0, 0.05) is 40.4 Å². The van der Waals surface area contributed by atoms with Crippen molar-refractivity contribution in [3.8, 4) is 5.69 Å². The van der Waals surface area contributed by atoms with Crippen molar-refractivity contribution in [2.45, 2.75) is 20.8 Å². The summed E-state index contributed by atoms with van der Waals surface area (Å²) in [6, 6.07) is 20.9. The summed E-state index contributed by atoms with van der Waals surface area (Å²) in [5, 5.41) is 1.15. The molecule has 0 bridgehead atoms. The Kier molecular flexibility index (Phi) is 4.13. The van der Waals surface area contributed by atoms with Gasteiger partial charge in [-0.25, -0.2) is 0 Å². The summed E-state index contributed by atoms with van der Waals surface area (Å²) in [4.78, 5) is 9.05. The van der Waals surface area contributed by atoms with Crippen LogP contribution in [-0.2, 0) is 0 Å². The third kappa shape index (κ3) is 3.04. The fourth-order valence-electron chi connectivity index (χ4n) is 3.37. The highest BCUT2D eigenvalue weighted by molar-refractivity contribution is 5.85. The predicted molar refractivity (Wildman–Crippen MR) is 109 cm³/mol. The normalized spacial score (nSPS) is 11.5. The molecule has 0 radical (unpaired) electrons. The molecule has 0 unspecified atom stereocenters. The number of hydrogen-bond donors (Lipinski definition) is 0. The summed E-state index contributed by atoms with van der Waals surface area (Å²) >= 11 is 0. The second-order valence-corrected chi connectivity index (χ2v) is 6.64. The molecular formula is C23H21N3. The summed E-state index contributed by atoms with van der Waals surface area (Å²) in [5.41, 5.74) is 7.87. The van der Waals surface area contributed by atoms with Gasteiger partial charge in [0.05, 0.1) is 11.2 Å². The molecule has 0 amide bonds. The van der Waals surface area contributed by atoms with Gasteiger partial charge in [-0.2, -0.15) is 0 Å². The number of hydrogen-bond acceptors (Lipinski definition) is 2. The molecule has 3 nitrogen and oxygen atoms in total. The number of fused-ring (bicyclic) bond motifs is 1. The maximum atomic E-state index is 4.65. The van der Waals surface area contributed by atoms with Gasteiger partial charge in [0.15, 0.2) is 0 Å². The average Bonchev–Trinajstić information content (AvgIpc) is 2.93. The summed E-state index contributed by atoms with van der Waals surface area (Å²) in [6.07, 6.45) is 3.78. The molecule has 2 aromatic carbocycles. The van der Waals surface area contributed by atoms with Crippen LogP contribution in [0.4, 0.5) is 5.69 Å². The van der Waals surface area contributed by atoms with E-state index >= 15 is 0 Å². The zero-order chi connectivity index (χ0) is 18.1. The van der Waals surface area contributed by atoms with Crippen LogP contribution in [0, 0.1) is 20.8 Å². The summed E-state index contributed by atoms with van der Waals surface area (Å²) in [5.74, 6) is 0. The lowest BCUT2D eigenvalue weighted by Gasteiger charge is -2.10. The first-order chi connectivity index (χ1) is 12.6. The van der Waals surface area contributed by atoms with Crippen LogP contribution in [0.2, 0.25) is 0 Å². The van der Waals surface area contributed by atoms with Crippen LogP contribution in [0.1, 0.15) is 22.5 Å². The van der Waals surface area contributed by atoms with Crippen LogP contribution in [0.15, 0.2) is 71.9 Å². The van der Waals surface area contributed by atoms with Gasteiger partial charge < -0.3 is 4.57 Å². The van der Waals surface area contributed by atoms with Crippen LogP contribution >= 0.6 is 0 Å². The molecule has 0 spiro atoms. The van der Waals surface area contributed by atoms with Crippen LogP contribution < -0.4 is 0 Å². The summed E-state index contributed by atoms with van der Waals surface area (Å²) < 4.78 is 2.27. The maximum absolute atomic E-state index is 4.65. The number of rotatable bonds is 3. The summed E-state index contributed by atoms with van der Waals surface area (Å²) in [7, 11) is 0. The van der Waals surface area contributed by atoms with Crippen LogP contribution in [0.3, 0.4) is 0 Å². The molecule has 4 rings (SSSR count). The number of nitrogens with zero attached hydrogens (tertiary/aromatic N) is 3. The van der Waals surface area contributed by atoms with Gasteiger partial charge in [-0.05, 0) is 68.8 Å². The minimum atomic E-state index is 0.978. The van der Waals surface area contributed by atoms with Gasteiger partial charge >= 0.3 is 0 Å². The number of benzene rings is 2. The van der Waals surface area contributed by atoms with Crippen LogP contribution in [-0.4, -0.2) is 15.8 Å². The number of aryl methyl sites for hydroxylation is 2. The Hall–Kier alpha value is -3.20. The lowest BCUT2D eigenvalue weighted by atomic mass is 10.2. The number of aliphatic imine (C=N–C) groups is 1. The Morgan fingerprint density at radius 1 is 0.923 bits per heavy atom. The van der Waals surface area contributed by atoms with Crippen molar-refractivity contribution in [2.75, 3.05) is 0 Å². The topological polar surface area (TPSA) is 30.2 Å². The molecule has 0 saturated heterocycles. The highest BCUT2D eigenvalue weighted by atomic mass is 15.0. The van der Waals surface area contributed by atoms with Gasteiger partial charge in [0.1, 0.15) is 0 Å². The van der Waals surface area contributed by atoms with Crippen LogP contribution in [0.5, 0.6) is 0 Å². The van der Waals surface area contributed by atoms with Crippen molar-refractivity contribution in [1.82, 2.24) is 9.55 Å². The van der Waals surface area contributed by atoms with Gasteiger partial charge in [-0.3, -0.25) is 9.98 Å². The molecule has 0 aliphatic carbocycles. The van der Waals surface area contributed by atoms with E-state index in [2.05, 4.69) is 77.8 Å². The molecule has 26 heavy (non-hydrogen) atoms. The standard InChI is InChI=1S/C23H21N3/c1-16-6-4-8-21(12-16)25-15-20-13-17(2)26(18(20)3)22-9-10-23-19(14-22)7-5-11-24-23/h4-15H,1-3H3. The zero-order valence-electron chi connectivity index (χ0n) is 15.3. The van der Waals surface area contributed by atoms with E-state index in [9.17, 15) is 0 Å². The molecule has 3 heteroatoms. The van der Waals surface area contributed by atoms with Crippen LogP contribution in [0.25, 0.3) is 16.6 Å². The van der Waals surface area contributed by atoms with E-state index < -0.39 is 0 Å². The molecule has 4 aromatic rings. The van der Waals surface area contributed by atoms with Crippen molar-refractivity contribution in [1.29, 1.82) is 0 Å². The SMILES string of the molecule is Cc1cccc(N=Cc2cc(C)n(-c3ccc4ncccc4c3)c2C)c1. The van der Waals surface area contributed by atoms with Crippen molar-refractivity contribution in [3.05, 3.63) is 89.4 Å². The van der Waals surface area contributed by atoms with Crippen molar-refractivity contribution >= 4 is 22.8 Å². The Morgan fingerprint density at radius 3 is 2.65 bits per heavy atom. The van der Waals surface area contributed by atoms with E-state index in [-0.39, 0.29) is 0 Å². The Balaban J connectivity index is 1.74. The predicted octanol–water partition coefficient (Wildman–Crippen LogP) is 5.70. The molecular weight excluding hydrogens is 318 g/mol. The number of pyridine rings is 1. The highest BCUT2D eigenvalue weighted by Gasteiger charge is 2.10. The van der Waals surface area contributed by atoms with Crippen molar-refractivity contribution in [2.24, 2.45) is 4.99 Å². The molecule has 0 aliphatic rings. The summed E-state index contributed by atoms with van der Waals surface area (Å²) in [6.45, 7) is 6.35. The van der Waals surface area contributed by atoms with Gasteiger partial charge in [0.25, 0.3) is 0 Å². The first-order valence-corrected chi connectivity index (χ1v) is 8.77. The van der Waals surface area contributed by atoms with E-state index in [4.69, 9.17) is 0 Å². The number of aromatic nitrogens is 2. The van der Waals surface area contributed by atoms with Gasteiger partial charge in [-0.1, -0.05) is 18.2 Å². The third-order valence-electron chi connectivity index (χ3n) is 4.67. The molecule has 0 saturated carbocycles. The van der Waals surface area contributed by atoms with Gasteiger partial charge in [0.2, 0.25) is 0 Å². The average molecular weight is 339 g/mol. The second-order valence-electron chi connectivity index (χ2n) is 6.64. The quantitative estimate of drug-likeness (QED) is 0.440. The third-order valence-corrected chi connectivity index (χ3v) is 4.67. The first kappa shape index (κ1) is 16.3. The van der Waals surface area contributed by atoms with E-state index in [1.54, 1.807) is 0 Å². The largest absolute Gasteiger partial charge is 0.318 e. The minimum absolute atomic E-state index is 0.978. The smallest absolute Gasteiger partial charge is 0.0703 e. The molecule has 0 aliphatic heterocycles. The van der Waals surface area contributed by atoms with E-state index in [0.717, 1.165) is 27.8 Å². The Bertz CT molecular complexity index is 1120. The second kappa shape index (κ2) is 6.60. The molecule has 0 atom stereocenters. The highest BCUT2D eigenvalue weighted by Crippen LogP contribution is 2.23. The Morgan fingerprint density at radius 2 is 1.81 bits per heavy atom. The Labute approximate surface area is 153 Å². The monoisotopic (exact) mass is 339 g/mol. The van der Waals surface area contributed by atoms with Crippen molar-refractivity contribution < 1.29 is 0 Å². The lowest BCUT2D eigenvalue weighted by molar-refractivity contribution is 0.967. The fourth-order valence-corrected chi connectivity index (χ4v) is 3.37. The van der Waals surface area contributed by atoms with E-state index in [1.807, 2.05) is 30.6 Å². The molecule has 0 N–H and O–H groups in total. The van der Waals surface area contributed by atoms with E-state index in [0.29, 0.717) is 0 Å². The minimum Gasteiger partial charge on any atom is -0.318 e. The fraction of sp³-hybridized carbons (Fsp3) is 0.130. The first-order valence-electron chi connectivity index (χ1n) is 8.77. The van der Waals surface area contributed by atoms with E-state index in [1.165, 1.54) is 17.0 Å². The molecule has 2 heterocycles. The molecule has 2 aromatic heterocycles. The lowest BCUT2D eigenvalue weighted by Crippen LogP contribution is -1.99. The maximum Gasteiger partial charge on any atom is 0.0703 e. The molecule has 128 valence electrons. The zero-order valence-corrected chi connectivity index (χ0v) is 15.3. The van der Waals surface area contributed by atoms with Gasteiger partial charge in [-0.15, -0.1) is 0 Å². The van der Waals surface area contributed by atoms with Crippen molar-refractivity contribution in [3.63, 3.8) is 0 Å². The molecule has 0 fully saturated rings.